The molecule has 1 aromatic rings. The Kier molecular flexibility index (Phi) is 6.40. The summed E-state index contributed by atoms with van der Waals surface area (Å²) in [6.45, 7) is 3.83. The number of H-pyrrole nitrogens is 1. The molecule has 1 aromatic heterocycles. The number of nitrogens with one attached hydrogen (secondary N) is 2. The Bertz CT molecular complexity index is 331. The lowest BCUT2D eigenvalue weighted by Gasteiger charge is -2.09. The van der Waals surface area contributed by atoms with Gasteiger partial charge >= 0.3 is 5.97 Å². The molecule has 2 heterocycles. The van der Waals surface area contributed by atoms with Crippen molar-refractivity contribution in [2.24, 2.45) is 0 Å². The molecule has 7 heteroatoms. The van der Waals surface area contributed by atoms with Crippen LogP contribution in [-0.2, 0) is 17.7 Å². The smallest absolute Gasteiger partial charge is 0.374 e. The summed E-state index contributed by atoms with van der Waals surface area (Å²) < 4.78 is 4.85. The van der Waals surface area contributed by atoms with Crippen LogP contribution >= 0.6 is 24.8 Å². The van der Waals surface area contributed by atoms with Crippen molar-refractivity contribution in [3.63, 3.8) is 0 Å². The Morgan fingerprint density at radius 2 is 2.25 bits per heavy atom. The van der Waals surface area contributed by atoms with Crippen LogP contribution in [0.25, 0.3) is 0 Å². The van der Waals surface area contributed by atoms with Crippen molar-refractivity contribution in [1.82, 2.24) is 15.3 Å². The predicted octanol–water partition coefficient (Wildman–Crippen LogP) is 1.08. The van der Waals surface area contributed by atoms with Crippen molar-refractivity contribution >= 4 is 30.8 Å². The van der Waals surface area contributed by atoms with Gasteiger partial charge in [0.25, 0.3) is 0 Å². The molecule has 0 spiro atoms. The first-order chi connectivity index (χ1) is 6.81. The van der Waals surface area contributed by atoms with Crippen LogP contribution < -0.4 is 5.32 Å². The summed E-state index contributed by atoms with van der Waals surface area (Å²) in [7, 11) is 0. The molecule has 0 radical (unpaired) electrons. The number of halogens is 2. The molecule has 92 valence electrons. The summed E-state index contributed by atoms with van der Waals surface area (Å²) in [5, 5.41) is 3.20. The number of hydrogen-bond acceptors (Lipinski definition) is 4. The molecule has 0 amide bonds. The molecule has 0 aliphatic carbocycles. The molecular weight excluding hydrogens is 253 g/mol. The minimum Gasteiger partial charge on any atom is -0.460 e. The van der Waals surface area contributed by atoms with Crippen molar-refractivity contribution in [3.05, 3.63) is 17.2 Å². The summed E-state index contributed by atoms with van der Waals surface area (Å²) >= 11 is 0. The van der Waals surface area contributed by atoms with Gasteiger partial charge in [-0.2, -0.15) is 0 Å². The fourth-order valence-corrected chi connectivity index (χ4v) is 1.51. The van der Waals surface area contributed by atoms with E-state index in [2.05, 4.69) is 15.3 Å². The molecule has 0 saturated heterocycles. The van der Waals surface area contributed by atoms with E-state index in [-0.39, 0.29) is 30.8 Å². The maximum atomic E-state index is 11.3. The van der Waals surface area contributed by atoms with Gasteiger partial charge in [0.05, 0.1) is 18.0 Å². The number of hydrogen-bond donors (Lipinski definition) is 2. The van der Waals surface area contributed by atoms with Gasteiger partial charge in [0.15, 0.2) is 0 Å². The highest BCUT2D eigenvalue weighted by Gasteiger charge is 2.18. The summed E-state index contributed by atoms with van der Waals surface area (Å²) in [6.07, 6.45) is 0.866. The number of nitrogens with zero attached hydrogens (tertiary/aromatic N) is 1. The van der Waals surface area contributed by atoms with Crippen LogP contribution in [0.5, 0.6) is 0 Å². The summed E-state index contributed by atoms with van der Waals surface area (Å²) in [4.78, 5) is 18.5. The van der Waals surface area contributed by atoms with E-state index in [0.717, 1.165) is 30.9 Å². The predicted molar refractivity (Wildman–Crippen MR) is 64.5 cm³/mol. The third-order valence-corrected chi connectivity index (χ3v) is 2.17. The zero-order chi connectivity index (χ0) is 9.97. The Balaban J connectivity index is 0.00000112. The van der Waals surface area contributed by atoms with Crippen molar-refractivity contribution < 1.29 is 9.53 Å². The number of ether oxygens (including phenoxy) is 1. The molecule has 5 nitrogen and oxygen atoms in total. The van der Waals surface area contributed by atoms with Gasteiger partial charge in [-0.15, -0.1) is 24.8 Å². The lowest BCUT2D eigenvalue weighted by Crippen LogP contribution is -2.23. The molecule has 2 rings (SSSR count). The second-order valence-corrected chi connectivity index (χ2v) is 3.16. The monoisotopic (exact) mass is 267 g/mol. The highest BCUT2D eigenvalue weighted by atomic mass is 35.5. The number of imidazole rings is 1. The Morgan fingerprint density at radius 1 is 1.50 bits per heavy atom. The van der Waals surface area contributed by atoms with Crippen LogP contribution in [0.15, 0.2) is 0 Å². The van der Waals surface area contributed by atoms with Gasteiger partial charge in [-0.05, 0) is 6.92 Å². The second-order valence-electron chi connectivity index (χ2n) is 3.16. The first kappa shape index (κ1) is 15.2. The molecule has 2 N–H and O–H groups in total. The molecule has 0 aromatic carbocycles. The van der Waals surface area contributed by atoms with Gasteiger partial charge in [0, 0.05) is 19.5 Å². The van der Waals surface area contributed by atoms with Crippen LogP contribution in [0, 0.1) is 0 Å². The van der Waals surface area contributed by atoms with Gasteiger partial charge in [0.1, 0.15) is 0 Å². The molecule has 0 atom stereocenters. The molecule has 0 fully saturated rings. The van der Waals surface area contributed by atoms with Gasteiger partial charge in [-0.1, -0.05) is 0 Å². The van der Waals surface area contributed by atoms with Gasteiger partial charge in [0.2, 0.25) is 5.82 Å². The summed E-state index contributed by atoms with van der Waals surface area (Å²) in [5.74, 6) is -0.0533. The van der Waals surface area contributed by atoms with Crippen LogP contribution in [0.2, 0.25) is 0 Å². The van der Waals surface area contributed by atoms with Gasteiger partial charge in [-0.25, -0.2) is 9.78 Å². The second kappa shape index (κ2) is 6.73. The molecule has 0 unspecified atom stereocenters. The zero-order valence-electron chi connectivity index (χ0n) is 8.91. The number of aromatic nitrogens is 2. The van der Waals surface area contributed by atoms with Crippen LogP contribution in [0.3, 0.4) is 0 Å². The minimum absolute atomic E-state index is 0. The summed E-state index contributed by atoms with van der Waals surface area (Å²) in [6, 6.07) is 0. The Morgan fingerprint density at radius 3 is 2.88 bits per heavy atom. The molecule has 16 heavy (non-hydrogen) atoms. The highest BCUT2D eigenvalue weighted by molar-refractivity contribution is 5.86. The molecule has 0 saturated carbocycles. The fourth-order valence-electron chi connectivity index (χ4n) is 1.51. The van der Waals surface area contributed by atoms with E-state index in [1.165, 1.54) is 0 Å². The number of carbonyl (C=O) groups is 1. The van der Waals surface area contributed by atoms with E-state index < -0.39 is 0 Å². The number of rotatable bonds is 2. The average molecular weight is 268 g/mol. The number of fused-ring (bicyclic) bond motifs is 1. The van der Waals surface area contributed by atoms with Gasteiger partial charge in [-0.3, -0.25) is 0 Å². The van der Waals surface area contributed by atoms with E-state index in [4.69, 9.17) is 4.74 Å². The quantitative estimate of drug-likeness (QED) is 0.787. The first-order valence-electron chi connectivity index (χ1n) is 4.77. The van der Waals surface area contributed by atoms with E-state index in [0.29, 0.717) is 12.4 Å². The number of aromatic amines is 1. The SMILES string of the molecule is CCOC(=O)c1nc2c([nH]1)CNCC2.Cl.Cl. The average Bonchev–Trinajstić information content (AvgIpc) is 2.61. The van der Waals surface area contributed by atoms with E-state index in [1.54, 1.807) is 6.92 Å². The van der Waals surface area contributed by atoms with E-state index in [9.17, 15) is 4.79 Å². The fraction of sp³-hybridized carbons (Fsp3) is 0.556. The third-order valence-electron chi connectivity index (χ3n) is 2.17. The van der Waals surface area contributed by atoms with Crippen LogP contribution in [0.1, 0.15) is 28.9 Å². The van der Waals surface area contributed by atoms with Crippen molar-refractivity contribution in [2.75, 3.05) is 13.2 Å². The van der Waals surface area contributed by atoms with Crippen molar-refractivity contribution in [3.8, 4) is 0 Å². The Labute approximate surface area is 106 Å². The zero-order valence-corrected chi connectivity index (χ0v) is 10.5. The molecular formula is C9H15Cl2N3O2. The lowest BCUT2D eigenvalue weighted by molar-refractivity contribution is 0.0513. The van der Waals surface area contributed by atoms with E-state index in [1.807, 2.05) is 0 Å². The lowest BCUT2D eigenvalue weighted by atomic mass is 10.2. The largest absolute Gasteiger partial charge is 0.460 e. The van der Waals surface area contributed by atoms with Crippen molar-refractivity contribution in [1.29, 1.82) is 0 Å². The topological polar surface area (TPSA) is 67.0 Å². The third kappa shape index (κ3) is 3.10. The number of carbonyl (C=O) groups excluding carboxylic acids is 1. The molecule has 1 aliphatic rings. The van der Waals surface area contributed by atoms with Crippen LogP contribution in [0.4, 0.5) is 0 Å². The molecule has 1 aliphatic heterocycles. The number of esters is 1. The maximum absolute atomic E-state index is 11.3. The van der Waals surface area contributed by atoms with Gasteiger partial charge < -0.3 is 15.0 Å². The highest BCUT2D eigenvalue weighted by Crippen LogP contribution is 2.11. The normalized spacial score (nSPS) is 13.1. The molecule has 0 bridgehead atoms. The minimum atomic E-state index is -0.373. The van der Waals surface area contributed by atoms with E-state index >= 15 is 0 Å². The Hall–Kier alpha value is -0.780. The first-order valence-corrected chi connectivity index (χ1v) is 4.77. The maximum Gasteiger partial charge on any atom is 0.374 e. The van der Waals surface area contributed by atoms with Crippen LogP contribution in [-0.4, -0.2) is 29.1 Å². The standard InChI is InChI=1S/C9H13N3O2.2ClH/c1-2-14-9(13)8-11-6-3-4-10-5-7(6)12-8;;/h10H,2-5H2,1H3,(H,11,12);2*1H. The summed E-state index contributed by atoms with van der Waals surface area (Å²) in [5.41, 5.74) is 1.98. The van der Waals surface area contributed by atoms with Crippen molar-refractivity contribution in [2.45, 2.75) is 19.9 Å².